The first-order valence-electron chi connectivity index (χ1n) is 19.7. The molecule has 5 amide bonds. The zero-order valence-electron chi connectivity index (χ0n) is 33.7. The van der Waals surface area contributed by atoms with Gasteiger partial charge in [0.1, 0.15) is 36.3 Å². The maximum absolute atomic E-state index is 14.0. The van der Waals surface area contributed by atoms with Crippen LogP contribution in [0.4, 0.5) is 0 Å². The normalized spacial score (nSPS) is 16.5. The first kappa shape index (κ1) is 45.3. The van der Waals surface area contributed by atoms with Gasteiger partial charge in [-0.2, -0.15) is 0 Å². The van der Waals surface area contributed by atoms with Gasteiger partial charge in [0.05, 0.1) is 0 Å². The van der Waals surface area contributed by atoms with E-state index in [1.54, 1.807) is 6.08 Å². The Hall–Kier alpha value is -6.45. The first-order chi connectivity index (χ1) is 28.2. The Morgan fingerprint density at radius 1 is 0.881 bits per heavy atom. The fourth-order valence-corrected chi connectivity index (χ4v) is 7.20. The van der Waals surface area contributed by atoms with Crippen LogP contribution >= 0.6 is 0 Å². The van der Waals surface area contributed by atoms with Crippen LogP contribution in [0.15, 0.2) is 95.5 Å². The molecular weight excluding hydrogens is 755 g/mol. The molecule has 4 rings (SSSR count). The Balaban J connectivity index is 1.47. The lowest BCUT2D eigenvalue weighted by Crippen LogP contribution is -2.58. The van der Waals surface area contributed by atoms with Gasteiger partial charge in [-0.1, -0.05) is 72.3 Å². The fraction of sp³-hybridized carbons (Fsp3) is 0.419. The lowest BCUT2D eigenvalue weighted by atomic mass is 9.98. The first-order valence-corrected chi connectivity index (χ1v) is 19.7. The Kier molecular flexibility index (Phi) is 16.8. The lowest BCUT2D eigenvalue weighted by molar-refractivity contribution is -0.251. The van der Waals surface area contributed by atoms with Crippen molar-refractivity contribution in [1.29, 1.82) is 0 Å². The van der Waals surface area contributed by atoms with Gasteiger partial charge in [-0.05, 0) is 81.0 Å². The molecule has 0 aromatic heterocycles. The van der Waals surface area contributed by atoms with E-state index in [2.05, 4.69) is 39.1 Å². The number of ether oxygens (including phenoxy) is 1. The molecule has 1 unspecified atom stereocenters. The number of nitrogens with two attached hydrogens (primary N) is 3. The molecule has 16 heteroatoms. The number of carbonyl (C=O) groups is 5. The van der Waals surface area contributed by atoms with Gasteiger partial charge in [0.15, 0.2) is 5.96 Å². The number of nitrogens with zero attached hydrogens (tertiary/aromatic N) is 3. The molecule has 2 aliphatic rings. The molecule has 1 aliphatic carbocycles. The highest BCUT2D eigenvalue weighted by atomic mass is 16.6. The number of likely N-dealkylation sites (tertiary alicyclic amines) is 1. The fourth-order valence-electron chi connectivity index (χ4n) is 7.20. The molecule has 1 heterocycles. The summed E-state index contributed by atoms with van der Waals surface area (Å²) in [5.41, 5.74) is 21.4. The Labute approximate surface area is 345 Å². The van der Waals surface area contributed by atoms with Gasteiger partial charge in [0, 0.05) is 25.6 Å². The summed E-state index contributed by atoms with van der Waals surface area (Å²) in [5.74, 6) is -3.62. The molecule has 16 nitrogen and oxygen atoms in total. The molecule has 0 saturated carbocycles. The second-order valence-corrected chi connectivity index (χ2v) is 14.7. The number of rotatable bonds is 21. The van der Waals surface area contributed by atoms with Gasteiger partial charge in [-0.3, -0.25) is 34.0 Å². The number of primary amides is 1. The Morgan fingerprint density at radius 3 is 2.08 bits per heavy atom. The minimum absolute atomic E-state index is 0.0224. The SMILES string of the molecule is C=CC[C@H](N=C([O-])OCC1c2ccccc2-c2ccccc21)C(=O)N1CCCC1C(=O)N[C@@H](CC=C(C)C)C(=O)N[C@@H](CCCN=C(N)N)C(=O)N[C@@H](CC=C)C(N)=O. The average Bonchev–Trinajstić information content (AvgIpc) is 3.82. The summed E-state index contributed by atoms with van der Waals surface area (Å²) in [6.45, 7) is 11.4. The summed E-state index contributed by atoms with van der Waals surface area (Å²) >= 11 is 0. The minimum atomic E-state index is -1.19. The number of hydrogen-bond acceptors (Lipinski definition) is 9. The topological polar surface area (TPSA) is 260 Å². The number of nitrogens with one attached hydrogen (secondary N) is 3. The number of carbonyl (C=O) groups excluding carboxylic acids is 5. The van der Waals surface area contributed by atoms with Gasteiger partial charge < -0.3 is 47.9 Å². The van der Waals surface area contributed by atoms with E-state index in [9.17, 15) is 29.1 Å². The van der Waals surface area contributed by atoms with E-state index in [-0.39, 0.29) is 63.7 Å². The van der Waals surface area contributed by atoms with Crippen LogP contribution in [0, 0.1) is 0 Å². The number of guanidine groups is 1. The Morgan fingerprint density at radius 2 is 1.49 bits per heavy atom. The van der Waals surface area contributed by atoms with Crippen LogP contribution in [0.3, 0.4) is 0 Å². The van der Waals surface area contributed by atoms with Gasteiger partial charge in [0.2, 0.25) is 29.5 Å². The molecule has 2 aromatic rings. The highest BCUT2D eigenvalue weighted by Gasteiger charge is 2.39. The predicted molar refractivity (Wildman–Crippen MR) is 224 cm³/mol. The molecule has 0 spiro atoms. The summed E-state index contributed by atoms with van der Waals surface area (Å²) in [7, 11) is 0. The van der Waals surface area contributed by atoms with Crippen molar-refractivity contribution in [3.05, 3.63) is 96.6 Å². The summed E-state index contributed by atoms with van der Waals surface area (Å²) in [6.07, 6.45) is 5.08. The van der Waals surface area contributed by atoms with Crippen molar-refractivity contribution in [2.24, 2.45) is 27.2 Å². The summed E-state index contributed by atoms with van der Waals surface area (Å²) in [5, 5.41) is 21.2. The van der Waals surface area contributed by atoms with E-state index in [1.807, 2.05) is 62.4 Å². The average molecular weight is 811 g/mol. The van der Waals surface area contributed by atoms with Crippen LogP contribution in [-0.2, 0) is 28.7 Å². The quantitative estimate of drug-likeness (QED) is 0.0460. The number of benzene rings is 2. The molecule has 2 aromatic carbocycles. The molecule has 316 valence electrons. The molecule has 9 N–H and O–H groups in total. The number of aliphatic imine (C=N–C) groups is 2. The van der Waals surface area contributed by atoms with Crippen LogP contribution in [0.25, 0.3) is 11.1 Å². The standard InChI is InChI=1S/C43H57N9O7/c1-5-13-32(37(44)53)48-38(54)33(19-11-23-47-42(45)46)49-39(55)34(22-21-26(3)4)50-40(56)36-20-12-24-52(36)41(57)35(14-6-2)51-43(58)59-25-31-29-17-9-7-15-27(29)28-16-8-10-18-30(28)31/h5-10,15-18,21,31-36H,1-2,11-14,19-20,22-25H2,3-4H3,(H2,44,53)(H,48,54)(H,49,55)(H,50,56)(H,51,58)(H4,45,46,47)/p-1/t32-,33-,34-,35-,36?/m0/s1. The maximum atomic E-state index is 14.0. The highest BCUT2D eigenvalue weighted by Crippen LogP contribution is 2.44. The van der Waals surface area contributed by atoms with Crippen molar-refractivity contribution in [2.75, 3.05) is 19.7 Å². The molecule has 0 radical (unpaired) electrons. The summed E-state index contributed by atoms with van der Waals surface area (Å²) in [4.78, 5) is 76.6. The van der Waals surface area contributed by atoms with Gasteiger partial charge in [-0.15, -0.1) is 13.2 Å². The van der Waals surface area contributed by atoms with Crippen molar-refractivity contribution in [1.82, 2.24) is 20.9 Å². The van der Waals surface area contributed by atoms with Crippen LogP contribution in [0.1, 0.15) is 75.8 Å². The van der Waals surface area contributed by atoms with Crippen molar-refractivity contribution in [3.8, 4) is 11.1 Å². The van der Waals surface area contributed by atoms with Gasteiger partial charge in [0.25, 0.3) is 0 Å². The lowest BCUT2D eigenvalue weighted by Gasteiger charge is -2.29. The zero-order valence-corrected chi connectivity index (χ0v) is 33.7. The second kappa shape index (κ2) is 21.9. The van der Waals surface area contributed by atoms with Crippen molar-refractivity contribution in [2.45, 2.75) is 94.9 Å². The van der Waals surface area contributed by atoms with E-state index < -0.39 is 65.8 Å². The summed E-state index contributed by atoms with van der Waals surface area (Å²) < 4.78 is 5.65. The van der Waals surface area contributed by atoms with E-state index in [0.29, 0.717) is 12.8 Å². The smallest absolute Gasteiger partial charge is 0.248 e. The van der Waals surface area contributed by atoms with Crippen LogP contribution in [0.2, 0.25) is 0 Å². The third kappa shape index (κ3) is 12.5. The molecule has 5 atom stereocenters. The minimum Gasteiger partial charge on any atom is -0.599 e. The number of fused-ring (bicyclic) bond motifs is 3. The third-order valence-corrected chi connectivity index (χ3v) is 10.1. The number of hydrogen-bond donors (Lipinski definition) is 6. The second-order valence-electron chi connectivity index (χ2n) is 14.7. The summed E-state index contributed by atoms with van der Waals surface area (Å²) in [6, 6.07) is 10.3. The van der Waals surface area contributed by atoms with Crippen molar-refractivity contribution >= 4 is 41.6 Å². The zero-order chi connectivity index (χ0) is 43.1. The molecule has 1 saturated heterocycles. The predicted octanol–water partition coefficient (Wildman–Crippen LogP) is 1.39. The number of amides is 5. The maximum Gasteiger partial charge on any atom is 0.248 e. The highest BCUT2D eigenvalue weighted by molar-refractivity contribution is 5.96. The van der Waals surface area contributed by atoms with Gasteiger partial charge >= 0.3 is 0 Å². The monoisotopic (exact) mass is 810 g/mol. The number of allylic oxidation sites excluding steroid dienone is 1. The van der Waals surface area contributed by atoms with Crippen molar-refractivity contribution in [3.63, 3.8) is 0 Å². The molecular formula is C43H56N9O7-. The van der Waals surface area contributed by atoms with Gasteiger partial charge in [-0.25, -0.2) is 0 Å². The van der Waals surface area contributed by atoms with E-state index in [0.717, 1.165) is 27.8 Å². The van der Waals surface area contributed by atoms with Crippen molar-refractivity contribution < 1.29 is 33.8 Å². The van der Waals surface area contributed by atoms with E-state index in [1.165, 1.54) is 17.1 Å². The van der Waals surface area contributed by atoms with E-state index >= 15 is 0 Å². The largest absolute Gasteiger partial charge is 0.599 e. The van der Waals surface area contributed by atoms with Crippen LogP contribution < -0.4 is 38.3 Å². The molecule has 0 bridgehead atoms. The Bertz CT molecular complexity index is 1910. The van der Waals surface area contributed by atoms with E-state index in [4.69, 9.17) is 21.9 Å². The molecule has 1 aliphatic heterocycles. The molecule has 1 fully saturated rings. The van der Waals surface area contributed by atoms with Crippen LogP contribution in [0.5, 0.6) is 0 Å². The third-order valence-electron chi connectivity index (χ3n) is 10.1. The molecule has 59 heavy (non-hydrogen) atoms. The van der Waals surface area contributed by atoms with Crippen LogP contribution in [-0.4, -0.2) is 96.4 Å².